The largest absolute Gasteiger partial charge is 0.497 e. The minimum atomic E-state index is -0.240. The molecule has 0 fully saturated rings. The predicted octanol–water partition coefficient (Wildman–Crippen LogP) is 2.50. The highest BCUT2D eigenvalue weighted by Gasteiger charge is 2.06. The third kappa shape index (κ3) is 3.68. The SMILES string of the molecule is COc1ccc(CN(C)CCCl)c(F)c1. The number of rotatable bonds is 5. The zero-order valence-corrected chi connectivity index (χ0v) is 9.72. The van der Waals surface area contributed by atoms with Crippen molar-refractivity contribution < 1.29 is 9.13 Å². The van der Waals surface area contributed by atoms with Gasteiger partial charge in [-0.25, -0.2) is 4.39 Å². The minimum absolute atomic E-state index is 0.240. The van der Waals surface area contributed by atoms with Gasteiger partial charge in [0.1, 0.15) is 11.6 Å². The van der Waals surface area contributed by atoms with E-state index in [2.05, 4.69) is 0 Å². The Bertz CT molecular complexity index is 319. The van der Waals surface area contributed by atoms with Crippen LogP contribution in [-0.2, 0) is 6.54 Å². The molecule has 4 heteroatoms. The average Bonchev–Trinajstić information content (AvgIpc) is 2.21. The normalized spacial score (nSPS) is 10.7. The monoisotopic (exact) mass is 231 g/mol. The molecule has 0 saturated carbocycles. The summed E-state index contributed by atoms with van der Waals surface area (Å²) < 4.78 is 18.4. The molecule has 2 nitrogen and oxygen atoms in total. The van der Waals surface area contributed by atoms with Gasteiger partial charge < -0.3 is 9.64 Å². The molecule has 0 heterocycles. The molecule has 0 aliphatic heterocycles. The minimum Gasteiger partial charge on any atom is -0.497 e. The van der Waals surface area contributed by atoms with E-state index in [0.29, 0.717) is 23.7 Å². The van der Waals surface area contributed by atoms with Crippen LogP contribution in [0.2, 0.25) is 0 Å². The summed E-state index contributed by atoms with van der Waals surface area (Å²) in [6, 6.07) is 4.88. The van der Waals surface area contributed by atoms with Crippen LogP contribution in [0.4, 0.5) is 4.39 Å². The van der Waals surface area contributed by atoms with Gasteiger partial charge in [0.15, 0.2) is 0 Å². The van der Waals surface area contributed by atoms with Crippen LogP contribution >= 0.6 is 11.6 Å². The van der Waals surface area contributed by atoms with Crippen molar-refractivity contribution in [1.82, 2.24) is 4.90 Å². The molecular weight excluding hydrogens is 217 g/mol. The Balaban J connectivity index is 2.69. The van der Waals surface area contributed by atoms with Crippen LogP contribution in [0.5, 0.6) is 5.75 Å². The number of alkyl halides is 1. The Hall–Kier alpha value is -0.800. The molecule has 1 aromatic rings. The van der Waals surface area contributed by atoms with Gasteiger partial charge >= 0.3 is 0 Å². The Labute approximate surface area is 94.6 Å². The van der Waals surface area contributed by atoms with Gasteiger partial charge in [0.05, 0.1) is 7.11 Å². The van der Waals surface area contributed by atoms with E-state index >= 15 is 0 Å². The topological polar surface area (TPSA) is 12.5 Å². The van der Waals surface area contributed by atoms with Gasteiger partial charge in [-0.05, 0) is 13.1 Å². The number of benzene rings is 1. The van der Waals surface area contributed by atoms with Crippen molar-refractivity contribution >= 4 is 11.6 Å². The first-order chi connectivity index (χ1) is 7.17. The van der Waals surface area contributed by atoms with Crippen LogP contribution in [-0.4, -0.2) is 31.5 Å². The highest BCUT2D eigenvalue weighted by Crippen LogP contribution is 2.17. The molecule has 0 radical (unpaired) electrons. The number of hydrogen-bond donors (Lipinski definition) is 0. The van der Waals surface area contributed by atoms with Crippen LogP contribution in [0.1, 0.15) is 5.56 Å². The first-order valence-electron chi connectivity index (χ1n) is 4.74. The molecule has 0 aliphatic carbocycles. The Morgan fingerprint density at radius 1 is 1.47 bits per heavy atom. The van der Waals surface area contributed by atoms with Crippen molar-refractivity contribution in [3.05, 3.63) is 29.6 Å². The second-order valence-electron chi connectivity index (χ2n) is 3.38. The summed E-state index contributed by atoms with van der Waals surface area (Å²) in [4.78, 5) is 1.97. The van der Waals surface area contributed by atoms with E-state index in [1.165, 1.54) is 13.2 Å². The maximum atomic E-state index is 13.5. The van der Waals surface area contributed by atoms with E-state index in [0.717, 1.165) is 6.54 Å². The lowest BCUT2D eigenvalue weighted by atomic mass is 10.2. The summed E-state index contributed by atoms with van der Waals surface area (Å²) in [5.74, 6) is 0.848. The van der Waals surface area contributed by atoms with Crippen LogP contribution in [0.25, 0.3) is 0 Å². The number of halogens is 2. The van der Waals surface area contributed by atoms with Crippen molar-refractivity contribution in [3.8, 4) is 5.75 Å². The van der Waals surface area contributed by atoms with Gasteiger partial charge in [-0.2, -0.15) is 0 Å². The van der Waals surface area contributed by atoms with Crippen LogP contribution < -0.4 is 4.74 Å². The highest BCUT2D eigenvalue weighted by molar-refractivity contribution is 6.18. The van der Waals surface area contributed by atoms with E-state index in [9.17, 15) is 4.39 Å². The van der Waals surface area contributed by atoms with Crippen LogP contribution in [0.3, 0.4) is 0 Å². The van der Waals surface area contributed by atoms with Crippen molar-refractivity contribution in [2.45, 2.75) is 6.54 Å². The summed E-state index contributed by atoms with van der Waals surface area (Å²) in [7, 11) is 3.43. The third-order valence-corrected chi connectivity index (χ3v) is 2.34. The average molecular weight is 232 g/mol. The summed E-state index contributed by atoms with van der Waals surface area (Å²) in [5.41, 5.74) is 0.656. The molecule has 0 amide bonds. The lowest BCUT2D eigenvalue weighted by Gasteiger charge is -2.15. The molecule has 0 bridgehead atoms. The van der Waals surface area contributed by atoms with Gasteiger partial charge in [0.2, 0.25) is 0 Å². The molecular formula is C11H15ClFNO. The van der Waals surface area contributed by atoms with E-state index in [-0.39, 0.29) is 5.82 Å². The highest BCUT2D eigenvalue weighted by atomic mass is 35.5. The third-order valence-electron chi connectivity index (χ3n) is 2.17. The maximum Gasteiger partial charge on any atom is 0.131 e. The van der Waals surface area contributed by atoms with E-state index in [1.54, 1.807) is 12.1 Å². The molecule has 1 aromatic carbocycles. The Morgan fingerprint density at radius 3 is 2.73 bits per heavy atom. The van der Waals surface area contributed by atoms with Gasteiger partial charge in [-0.15, -0.1) is 11.6 Å². The predicted molar refractivity (Wildman–Crippen MR) is 60.0 cm³/mol. The standard InChI is InChI=1S/C11H15ClFNO/c1-14(6-5-12)8-9-3-4-10(15-2)7-11(9)13/h3-4,7H,5-6,8H2,1-2H3. The maximum absolute atomic E-state index is 13.5. The Kier molecular flexibility index (Phi) is 4.85. The van der Waals surface area contributed by atoms with E-state index in [4.69, 9.17) is 16.3 Å². The summed E-state index contributed by atoms with van der Waals surface area (Å²) in [5, 5.41) is 0. The van der Waals surface area contributed by atoms with Gasteiger partial charge in [-0.3, -0.25) is 0 Å². The number of methoxy groups -OCH3 is 1. The number of hydrogen-bond acceptors (Lipinski definition) is 2. The second-order valence-corrected chi connectivity index (χ2v) is 3.76. The molecule has 0 atom stereocenters. The van der Waals surface area contributed by atoms with Crippen molar-refractivity contribution in [2.75, 3.05) is 26.6 Å². The number of ether oxygens (including phenoxy) is 1. The first kappa shape index (κ1) is 12.3. The van der Waals surface area contributed by atoms with E-state index in [1.807, 2.05) is 11.9 Å². The molecule has 1 rings (SSSR count). The molecule has 0 unspecified atom stereocenters. The molecule has 15 heavy (non-hydrogen) atoms. The number of nitrogens with zero attached hydrogens (tertiary/aromatic N) is 1. The first-order valence-corrected chi connectivity index (χ1v) is 5.27. The molecule has 0 spiro atoms. The van der Waals surface area contributed by atoms with E-state index < -0.39 is 0 Å². The molecule has 0 N–H and O–H groups in total. The fraction of sp³-hybridized carbons (Fsp3) is 0.455. The smallest absolute Gasteiger partial charge is 0.131 e. The van der Waals surface area contributed by atoms with Gasteiger partial charge in [-0.1, -0.05) is 6.07 Å². The fourth-order valence-electron chi connectivity index (χ4n) is 1.30. The summed E-state index contributed by atoms with van der Waals surface area (Å²) >= 11 is 5.59. The lowest BCUT2D eigenvalue weighted by molar-refractivity contribution is 0.340. The fourth-order valence-corrected chi connectivity index (χ4v) is 1.59. The zero-order chi connectivity index (χ0) is 11.3. The van der Waals surface area contributed by atoms with Crippen LogP contribution in [0.15, 0.2) is 18.2 Å². The molecule has 0 saturated heterocycles. The van der Waals surface area contributed by atoms with Gasteiger partial charge in [0.25, 0.3) is 0 Å². The van der Waals surface area contributed by atoms with Crippen LogP contribution in [0, 0.1) is 5.82 Å². The molecule has 0 aromatic heterocycles. The quantitative estimate of drug-likeness (QED) is 0.722. The summed E-state index contributed by atoms with van der Waals surface area (Å²) in [6.45, 7) is 1.30. The molecule has 84 valence electrons. The zero-order valence-electron chi connectivity index (χ0n) is 8.96. The summed E-state index contributed by atoms with van der Waals surface area (Å²) in [6.07, 6.45) is 0. The van der Waals surface area contributed by atoms with Gasteiger partial charge in [0, 0.05) is 30.6 Å². The lowest BCUT2D eigenvalue weighted by Crippen LogP contribution is -2.20. The molecule has 0 aliphatic rings. The van der Waals surface area contributed by atoms with Crippen molar-refractivity contribution in [3.63, 3.8) is 0 Å². The Morgan fingerprint density at radius 2 is 2.20 bits per heavy atom. The van der Waals surface area contributed by atoms with Crippen molar-refractivity contribution in [2.24, 2.45) is 0 Å². The van der Waals surface area contributed by atoms with Crippen molar-refractivity contribution in [1.29, 1.82) is 0 Å². The second kappa shape index (κ2) is 5.93.